The fourth-order valence-electron chi connectivity index (χ4n) is 2.13. The van der Waals surface area contributed by atoms with E-state index in [1.165, 1.54) is 24.4 Å². The molecule has 0 saturated carbocycles. The second kappa shape index (κ2) is 5.40. The third-order valence-electron chi connectivity index (χ3n) is 3.20. The van der Waals surface area contributed by atoms with E-state index >= 15 is 0 Å². The molecule has 22 heavy (non-hydrogen) atoms. The van der Waals surface area contributed by atoms with Crippen molar-refractivity contribution < 1.29 is 18.7 Å². The van der Waals surface area contributed by atoms with Crippen LogP contribution in [0.4, 0.5) is 20.3 Å². The van der Waals surface area contributed by atoms with E-state index in [-0.39, 0.29) is 11.3 Å². The van der Waals surface area contributed by atoms with Crippen LogP contribution in [0, 0.1) is 11.6 Å². The fraction of sp³-hybridized carbons (Fsp3) is 0. The third-order valence-corrected chi connectivity index (χ3v) is 3.20. The number of carboxylic acid groups (broad SMARTS) is 1. The average Bonchev–Trinajstić information content (AvgIpc) is 2.49. The first-order chi connectivity index (χ1) is 10.5. The number of aromatic nitrogens is 1. The highest BCUT2D eigenvalue weighted by Gasteiger charge is 2.09. The Kier molecular flexibility index (Phi) is 3.42. The Bertz CT molecular complexity index is 881. The number of hydrogen-bond acceptors (Lipinski definition) is 3. The Labute approximate surface area is 124 Å². The number of carboxylic acids is 1. The molecule has 0 aliphatic heterocycles. The predicted molar refractivity (Wildman–Crippen MR) is 78.3 cm³/mol. The van der Waals surface area contributed by atoms with E-state index in [1.54, 1.807) is 12.1 Å². The monoisotopic (exact) mass is 300 g/mol. The summed E-state index contributed by atoms with van der Waals surface area (Å²) in [4.78, 5) is 15.1. The summed E-state index contributed by atoms with van der Waals surface area (Å²) in [7, 11) is 0. The first kappa shape index (κ1) is 13.9. The topological polar surface area (TPSA) is 62.2 Å². The Balaban J connectivity index is 2.05. The minimum atomic E-state index is -1.03. The van der Waals surface area contributed by atoms with Gasteiger partial charge in [-0.15, -0.1) is 0 Å². The number of halogens is 2. The van der Waals surface area contributed by atoms with Crippen molar-refractivity contribution in [2.24, 2.45) is 0 Å². The van der Waals surface area contributed by atoms with Gasteiger partial charge in [-0.05, 0) is 41.8 Å². The molecule has 0 bridgehead atoms. The molecule has 3 aromatic rings. The smallest absolute Gasteiger partial charge is 0.335 e. The van der Waals surface area contributed by atoms with Crippen molar-refractivity contribution in [3.8, 4) is 0 Å². The number of benzene rings is 2. The van der Waals surface area contributed by atoms with Crippen molar-refractivity contribution >= 4 is 28.2 Å². The molecule has 4 nitrogen and oxygen atoms in total. The molecule has 1 aromatic heterocycles. The van der Waals surface area contributed by atoms with Crippen LogP contribution in [0.3, 0.4) is 0 Å². The first-order valence-electron chi connectivity index (χ1n) is 6.39. The molecule has 2 aromatic carbocycles. The molecule has 110 valence electrons. The number of nitrogens with zero attached hydrogens (tertiary/aromatic N) is 1. The maximum atomic E-state index is 13.7. The first-order valence-corrected chi connectivity index (χ1v) is 6.39. The zero-order valence-corrected chi connectivity index (χ0v) is 11.2. The highest BCUT2D eigenvalue weighted by molar-refractivity contribution is 5.98. The summed E-state index contributed by atoms with van der Waals surface area (Å²) in [6.07, 6.45) is 1.48. The summed E-state index contributed by atoms with van der Waals surface area (Å²) in [5, 5.41) is 13.1. The second-order valence-electron chi connectivity index (χ2n) is 4.65. The van der Waals surface area contributed by atoms with E-state index < -0.39 is 17.6 Å². The summed E-state index contributed by atoms with van der Waals surface area (Å²) in [6.45, 7) is 0. The lowest BCUT2D eigenvalue weighted by molar-refractivity contribution is 0.0697. The van der Waals surface area contributed by atoms with Gasteiger partial charge in [-0.3, -0.25) is 0 Å². The zero-order valence-electron chi connectivity index (χ0n) is 11.2. The third kappa shape index (κ3) is 2.58. The molecule has 0 radical (unpaired) electrons. The summed E-state index contributed by atoms with van der Waals surface area (Å²) in [5.41, 5.74) is 0.237. The van der Waals surface area contributed by atoms with Crippen LogP contribution in [-0.4, -0.2) is 16.1 Å². The van der Waals surface area contributed by atoms with Gasteiger partial charge in [0.15, 0.2) is 0 Å². The predicted octanol–water partition coefficient (Wildman–Crippen LogP) is 3.95. The molecule has 0 amide bonds. The van der Waals surface area contributed by atoms with E-state index in [0.717, 1.165) is 12.1 Å². The molecule has 0 atom stereocenters. The molecular weight excluding hydrogens is 290 g/mol. The van der Waals surface area contributed by atoms with E-state index in [4.69, 9.17) is 5.11 Å². The number of anilines is 2. The summed E-state index contributed by atoms with van der Waals surface area (Å²) < 4.78 is 26.6. The Morgan fingerprint density at radius 3 is 2.64 bits per heavy atom. The molecular formula is C16H10F2N2O2. The quantitative estimate of drug-likeness (QED) is 0.768. The van der Waals surface area contributed by atoms with Crippen molar-refractivity contribution in [2.45, 2.75) is 0 Å². The van der Waals surface area contributed by atoms with Gasteiger partial charge < -0.3 is 10.4 Å². The molecule has 0 fully saturated rings. The van der Waals surface area contributed by atoms with Crippen molar-refractivity contribution in [1.29, 1.82) is 0 Å². The van der Waals surface area contributed by atoms with E-state index in [1.807, 2.05) is 0 Å². The van der Waals surface area contributed by atoms with Crippen LogP contribution in [0.5, 0.6) is 0 Å². The van der Waals surface area contributed by atoms with Gasteiger partial charge in [0.05, 0.1) is 11.3 Å². The fourth-order valence-corrected chi connectivity index (χ4v) is 2.13. The maximum Gasteiger partial charge on any atom is 0.335 e. The average molecular weight is 300 g/mol. The van der Waals surface area contributed by atoms with Crippen molar-refractivity contribution in [2.75, 3.05) is 5.32 Å². The van der Waals surface area contributed by atoms with Crippen LogP contribution >= 0.6 is 0 Å². The molecule has 0 spiro atoms. The lowest BCUT2D eigenvalue weighted by Gasteiger charge is -2.10. The number of rotatable bonds is 3. The van der Waals surface area contributed by atoms with Crippen LogP contribution < -0.4 is 5.32 Å². The van der Waals surface area contributed by atoms with E-state index in [9.17, 15) is 13.6 Å². The largest absolute Gasteiger partial charge is 0.478 e. The van der Waals surface area contributed by atoms with Gasteiger partial charge in [-0.25, -0.2) is 18.6 Å². The summed E-state index contributed by atoms with van der Waals surface area (Å²) in [5.74, 6) is -2.07. The van der Waals surface area contributed by atoms with Crippen LogP contribution in [0.15, 0.2) is 48.7 Å². The Morgan fingerprint density at radius 2 is 1.91 bits per heavy atom. The van der Waals surface area contributed by atoms with Crippen molar-refractivity contribution in [1.82, 2.24) is 4.98 Å². The number of pyridine rings is 1. The number of carbonyl (C=O) groups is 1. The molecule has 3 rings (SSSR count). The van der Waals surface area contributed by atoms with Gasteiger partial charge in [-0.2, -0.15) is 0 Å². The number of nitrogens with one attached hydrogen (secondary N) is 1. The van der Waals surface area contributed by atoms with Crippen LogP contribution in [0.25, 0.3) is 10.8 Å². The van der Waals surface area contributed by atoms with Gasteiger partial charge in [0, 0.05) is 17.6 Å². The van der Waals surface area contributed by atoms with Gasteiger partial charge in [0.2, 0.25) is 0 Å². The molecule has 0 unspecified atom stereocenters. The van der Waals surface area contributed by atoms with Crippen LogP contribution in [-0.2, 0) is 0 Å². The Hall–Kier alpha value is -3.02. The zero-order chi connectivity index (χ0) is 15.7. The van der Waals surface area contributed by atoms with Gasteiger partial charge in [0.25, 0.3) is 0 Å². The highest BCUT2D eigenvalue weighted by atomic mass is 19.1. The minimum Gasteiger partial charge on any atom is -0.478 e. The van der Waals surface area contributed by atoms with Crippen LogP contribution in [0.1, 0.15) is 10.4 Å². The van der Waals surface area contributed by atoms with Crippen molar-refractivity contribution in [3.05, 3.63) is 65.9 Å². The van der Waals surface area contributed by atoms with E-state index in [0.29, 0.717) is 16.6 Å². The highest BCUT2D eigenvalue weighted by Crippen LogP contribution is 2.26. The van der Waals surface area contributed by atoms with E-state index in [2.05, 4.69) is 10.3 Å². The van der Waals surface area contributed by atoms with Crippen LogP contribution in [0.2, 0.25) is 0 Å². The number of aromatic carboxylic acids is 1. The Morgan fingerprint density at radius 1 is 1.09 bits per heavy atom. The summed E-state index contributed by atoms with van der Waals surface area (Å²) >= 11 is 0. The molecule has 1 heterocycles. The normalized spacial score (nSPS) is 10.6. The van der Waals surface area contributed by atoms with Gasteiger partial charge >= 0.3 is 5.97 Å². The van der Waals surface area contributed by atoms with Crippen molar-refractivity contribution in [3.63, 3.8) is 0 Å². The second-order valence-corrected chi connectivity index (χ2v) is 4.65. The molecule has 6 heteroatoms. The molecule has 0 aliphatic rings. The molecule has 0 aliphatic carbocycles. The molecule has 0 saturated heterocycles. The lowest BCUT2D eigenvalue weighted by atomic mass is 10.1. The SMILES string of the molecule is O=C(O)c1ccc2c(Nc3ccc(F)cc3F)nccc2c1. The van der Waals surface area contributed by atoms with Gasteiger partial charge in [-0.1, -0.05) is 0 Å². The standard InChI is InChI=1S/C16H10F2N2O2/c17-11-2-4-14(13(18)8-11)20-15-12-3-1-10(16(21)22)7-9(12)5-6-19-15/h1-8H,(H,19,20)(H,21,22). The molecule has 2 N–H and O–H groups in total. The number of hydrogen-bond donors (Lipinski definition) is 2. The minimum absolute atomic E-state index is 0.0868. The summed E-state index contributed by atoms with van der Waals surface area (Å²) in [6, 6.07) is 9.39. The van der Waals surface area contributed by atoms with Gasteiger partial charge in [0.1, 0.15) is 17.5 Å². The number of fused-ring (bicyclic) bond motifs is 1. The maximum absolute atomic E-state index is 13.7. The lowest BCUT2D eigenvalue weighted by Crippen LogP contribution is -1.99.